The van der Waals surface area contributed by atoms with Gasteiger partial charge in [-0.05, 0) is 34.1 Å². The quantitative estimate of drug-likeness (QED) is 0.150. The SMILES string of the molecule is CC(C)(C)C(C=Cc1ccc(C(C)(C)C)cc1)=C(Oc1ccccc1)c1ccccc1.CC1=[C]([Ti][SiH](C)C)CC=C1. The van der Waals surface area contributed by atoms with Gasteiger partial charge in [-0.15, -0.1) is 0 Å². The van der Waals surface area contributed by atoms with E-state index in [-0.39, 0.29) is 17.5 Å². The molecule has 4 rings (SSSR count). The van der Waals surface area contributed by atoms with Crippen molar-refractivity contribution in [3.63, 3.8) is 0 Å². The van der Waals surface area contributed by atoms with Gasteiger partial charge in [-0.25, -0.2) is 0 Å². The predicted molar refractivity (Wildman–Crippen MR) is 179 cm³/mol. The molecule has 0 aromatic heterocycles. The van der Waals surface area contributed by atoms with Crippen LogP contribution in [0.2, 0.25) is 13.1 Å². The molecule has 214 valence electrons. The van der Waals surface area contributed by atoms with Gasteiger partial charge in [0.1, 0.15) is 11.5 Å². The molecule has 0 saturated carbocycles. The van der Waals surface area contributed by atoms with Crippen molar-refractivity contribution in [2.75, 3.05) is 0 Å². The first kappa shape index (κ1) is 32.9. The third-order valence-electron chi connectivity index (χ3n) is 6.90. The summed E-state index contributed by atoms with van der Waals surface area (Å²) < 4.78 is 8.29. The Hall–Kier alpha value is -2.65. The molecule has 41 heavy (non-hydrogen) atoms. The van der Waals surface area contributed by atoms with Crippen LogP contribution in [-0.2, 0) is 23.8 Å². The van der Waals surface area contributed by atoms with Gasteiger partial charge < -0.3 is 4.74 Å². The van der Waals surface area contributed by atoms with Crippen LogP contribution in [0, 0.1) is 5.41 Å². The minimum absolute atomic E-state index is 0.0954. The summed E-state index contributed by atoms with van der Waals surface area (Å²) in [6, 6.07) is 29.2. The fourth-order valence-corrected chi connectivity index (χ4v) is 10.8. The van der Waals surface area contributed by atoms with Crippen molar-refractivity contribution in [2.45, 2.75) is 73.4 Å². The van der Waals surface area contributed by atoms with Gasteiger partial charge in [0.2, 0.25) is 0 Å². The molecule has 1 nitrogen and oxygen atoms in total. The van der Waals surface area contributed by atoms with E-state index in [9.17, 15) is 0 Å². The van der Waals surface area contributed by atoms with Gasteiger partial charge in [-0.3, -0.25) is 0 Å². The Bertz CT molecular complexity index is 1360. The number of para-hydroxylation sites is 1. The number of allylic oxidation sites excluding steroid dienone is 6. The molecule has 0 aliphatic heterocycles. The summed E-state index contributed by atoms with van der Waals surface area (Å²) in [7, 11) is 0. The number of rotatable bonds is 7. The van der Waals surface area contributed by atoms with Crippen LogP contribution in [0.25, 0.3) is 11.8 Å². The molecule has 0 bridgehead atoms. The molecule has 0 heterocycles. The topological polar surface area (TPSA) is 9.23 Å². The van der Waals surface area contributed by atoms with E-state index in [0.29, 0.717) is 18.4 Å². The molecule has 0 atom stereocenters. The number of hydrogen-bond donors (Lipinski definition) is 0. The van der Waals surface area contributed by atoms with Crippen molar-refractivity contribution >= 4 is 18.5 Å². The Morgan fingerprint density at radius 3 is 1.88 bits per heavy atom. The number of hydrogen-bond acceptors (Lipinski definition) is 1. The maximum absolute atomic E-state index is 6.47. The Kier molecular flexibility index (Phi) is 12.0. The second-order valence-electron chi connectivity index (χ2n) is 13.0. The van der Waals surface area contributed by atoms with E-state index in [4.69, 9.17) is 4.74 Å². The van der Waals surface area contributed by atoms with Crippen LogP contribution in [0.3, 0.4) is 0 Å². The average molecular weight is 597 g/mol. The van der Waals surface area contributed by atoms with Gasteiger partial charge in [0.05, 0.1) is 0 Å². The van der Waals surface area contributed by atoms with Gasteiger partial charge in [0.25, 0.3) is 0 Å². The van der Waals surface area contributed by atoms with Crippen molar-refractivity contribution in [1.82, 2.24) is 0 Å². The third kappa shape index (κ3) is 10.6. The molecule has 0 unspecified atom stereocenters. The van der Waals surface area contributed by atoms with Gasteiger partial charge in [0.15, 0.2) is 0 Å². The van der Waals surface area contributed by atoms with E-state index in [1.54, 1.807) is 5.57 Å². The first-order valence-electron chi connectivity index (χ1n) is 14.8. The van der Waals surface area contributed by atoms with Gasteiger partial charge in [0, 0.05) is 11.1 Å². The van der Waals surface area contributed by atoms with E-state index >= 15 is 0 Å². The van der Waals surface area contributed by atoms with E-state index < -0.39 is 0 Å². The second-order valence-corrected chi connectivity index (χ2v) is 23.3. The summed E-state index contributed by atoms with van der Waals surface area (Å²) in [6.45, 7) is 20.4. The fourth-order valence-electron chi connectivity index (χ4n) is 4.54. The van der Waals surface area contributed by atoms with Crippen molar-refractivity contribution < 1.29 is 23.1 Å². The van der Waals surface area contributed by atoms with E-state index in [2.05, 4.69) is 134 Å². The molecule has 0 saturated heterocycles. The third-order valence-corrected chi connectivity index (χ3v) is 13.1. The summed E-state index contributed by atoms with van der Waals surface area (Å²) in [5.41, 5.74) is 6.40. The zero-order chi connectivity index (χ0) is 30.0. The fraction of sp³-hybridized carbons (Fsp3) is 0.316. The molecular weight excluding hydrogens is 548 g/mol. The number of benzene rings is 3. The van der Waals surface area contributed by atoms with E-state index in [1.165, 1.54) is 17.5 Å². The molecule has 3 aromatic carbocycles. The monoisotopic (exact) mass is 596 g/mol. The Balaban J connectivity index is 0.000000389. The Morgan fingerprint density at radius 1 is 0.805 bits per heavy atom. The Morgan fingerprint density at radius 2 is 1.39 bits per heavy atom. The molecule has 3 aromatic rings. The van der Waals surface area contributed by atoms with Crippen LogP contribution < -0.4 is 4.74 Å². The van der Waals surface area contributed by atoms with Crippen LogP contribution in [-0.4, -0.2) is 6.66 Å². The molecule has 3 heteroatoms. The molecule has 0 spiro atoms. The average Bonchev–Trinajstić information content (AvgIpc) is 3.32. The standard InChI is InChI=1S/C30H34O.C6H7.C2H7Si.Ti/c1-29(2,3)25-20-17-23(18-21-25)19-22-27(30(4,5)6)28(24-13-9-7-10-14-24)31-26-15-11-8-12-16-26;1-6-4-2-3-5-6;1-3-2;/h7-22H,1-6H3;2,4H,3H2,1H3;3H,1-2H3;. The molecule has 0 fully saturated rings. The van der Waals surface area contributed by atoms with Crippen molar-refractivity contribution in [2.24, 2.45) is 5.41 Å². The van der Waals surface area contributed by atoms with Gasteiger partial charge in [-0.1, -0.05) is 126 Å². The molecular formula is C38H48OSiTi. The first-order chi connectivity index (χ1) is 19.3. The zero-order valence-corrected chi connectivity index (χ0v) is 29.3. The zero-order valence-electron chi connectivity index (χ0n) is 26.6. The molecule has 1 aliphatic carbocycles. The van der Waals surface area contributed by atoms with Crippen molar-refractivity contribution in [1.29, 1.82) is 0 Å². The molecule has 0 radical (unpaired) electrons. The predicted octanol–water partition coefficient (Wildman–Crippen LogP) is 10.8. The molecule has 0 N–H and O–H groups in total. The maximum atomic E-state index is 6.47. The van der Waals surface area contributed by atoms with E-state index in [0.717, 1.165) is 22.6 Å². The van der Waals surface area contributed by atoms with Gasteiger partial charge >= 0.3 is 73.1 Å². The van der Waals surface area contributed by atoms with Crippen LogP contribution in [0.1, 0.15) is 71.6 Å². The summed E-state index contributed by atoms with van der Waals surface area (Å²) in [6.07, 6.45) is 10.3. The first-order valence-corrected chi connectivity index (χ1v) is 21.2. The summed E-state index contributed by atoms with van der Waals surface area (Å²) in [5.74, 6) is 1.73. The van der Waals surface area contributed by atoms with Crippen molar-refractivity contribution in [3.05, 3.63) is 135 Å². The second kappa shape index (κ2) is 15.0. The normalized spacial score (nSPS) is 14.2. The number of ether oxygens (including phenoxy) is 1. The van der Waals surface area contributed by atoms with Gasteiger partial charge in [-0.2, -0.15) is 0 Å². The molecule has 1 aliphatic rings. The summed E-state index contributed by atoms with van der Waals surface area (Å²) in [4.78, 5) is 0. The summed E-state index contributed by atoms with van der Waals surface area (Å²) >= 11 is 0.350. The van der Waals surface area contributed by atoms with Crippen molar-refractivity contribution in [3.8, 4) is 5.75 Å². The Labute approximate surface area is 259 Å². The van der Waals surface area contributed by atoms with Crippen LogP contribution in [0.4, 0.5) is 0 Å². The summed E-state index contributed by atoms with van der Waals surface area (Å²) in [5, 5.41) is 0. The van der Waals surface area contributed by atoms with Crippen LogP contribution in [0.5, 0.6) is 5.75 Å². The minimum atomic E-state index is -0.235. The van der Waals surface area contributed by atoms with E-state index in [1.807, 2.05) is 40.3 Å². The van der Waals surface area contributed by atoms with Crippen LogP contribution in [0.15, 0.2) is 118 Å². The van der Waals surface area contributed by atoms with Crippen LogP contribution >= 0.6 is 0 Å². The molecule has 0 amide bonds.